The minimum Gasteiger partial charge on any atom is -0.454 e. The van der Waals surface area contributed by atoms with Crippen molar-refractivity contribution in [2.45, 2.75) is 31.2 Å². The Morgan fingerprint density at radius 1 is 1.38 bits per heavy atom. The van der Waals surface area contributed by atoms with Crippen LogP contribution in [0.5, 0.6) is 11.5 Å². The lowest BCUT2D eigenvalue weighted by Gasteiger charge is -2.22. The molecule has 2 aliphatic rings. The molecule has 1 aromatic carbocycles. The van der Waals surface area contributed by atoms with Gasteiger partial charge in [0.2, 0.25) is 6.79 Å². The van der Waals surface area contributed by atoms with Crippen LogP contribution in [0.4, 0.5) is 0 Å². The lowest BCUT2D eigenvalue weighted by molar-refractivity contribution is 0.172. The molecule has 1 fully saturated rings. The van der Waals surface area contributed by atoms with Gasteiger partial charge in [0.25, 0.3) is 0 Å². The zero-order valence-electron chi connectivity index (χ0n) is 9.13. The first kappa shape index (κ1) is 10.2. The van der Waals surface area contributed by atoms with Crippen molar-refractivity contribution in [3.8, 4) is 11.5 Å². The van der Waals surface area contributed by atoms with Gasteiger partial charge < -0.3 is 15.2 Å². The van der Waals surface area contributed by atoms with Crippen molar-refractivity contribution in [3.63, 3.8) is 0 Å². The number of hydrogen-bond donors (Lipinski definition) is 1. The second-order valence-electron chi connectivity index (χ2n) is 4.60. The van der Waals surface area contributed by atoms with E-state index in [1.807, 2.05) is 19.1 Å². The Kier molecular flexibility index (Phi) is 2.10. The number of nitrogens with two attached hydrogens (primary N) is 1. The highest BCUT2D eigenvalue weighted by Gasteiger charge is 2.51. The maximum absolute atomic E-state index is 6.29. The smallest absolute Gasteiger partial charge is 0.231 e. The Hall–Kier alpha value is -0.930. The summed E-state index contributed by atoms with van der Waals surface area (Å²) in [5.74, 6) is 1.58. The van der Waals surface area contributed by atoms with Crippen LogP contribution in [0.15, 0.2) is 12.1 Å². The van der Waals surface area contributed by atoms with Gasteiger partial charge in [-0.2, -0.15) is 0 Å². The van der Waals surface area contributed by atoms with E-state index in [4.69, 9.17) is 26.8 Å². The average molecular weight is 240 g/mol. The molecule has 0 radical (unpaired) electrons. The first-order valence-corrected chi connectivity index (χ1v) is 5.87. The molecule has 3 rings (SSSR count). The molecule has 1 aliphatic carbocycles. The Balaban J connectivity index is 2.17. The number of hydrogen-bond acceptors (Lipinski definition) is 3. The van der Waals surface area contributed by atoms with E-state index in [9.17, 15) is 0 Å². The Morgan fingerprint density at radius 2 is 2.12 bits per heavy atom. The first-order valence-electron chi connectivity index (χ1n) is 5.49. The lowest BCUT2D eigenvalue weighted by atomic mass is 9.88. The van der Waals surface area contributed by atoms with Crippen LogP contribution in [0.2, 0.25) is 5.02 Å². The van der Waals surface area contributed by atoms with Gasteiger partial charge in [-0.1, -0.05) is 11.6 Å². The summed E-state index contributed by atoms with van der Waals surface area (Å²) in [4.78, 5) is 0. The molecule has 0 spiro atoms. The van der Waals surface area contributed by atoms with Crippen molar-refractivity contribution in [2.24, 2.45) is 5.73 Å². The van der Waals surface area contributed by atoms with E-state index in [0.717, 1.165) is 34.9 Å². The molecular formula is C12H14ClNO2. The highest BCUT2D eigenvalue weighted by atomic mass is 35.5. The average Bonchev–Trinajstić information content (AvgIpc) is 2.90. The highest BCUT2D eigenvalue weighted by Crippen LogP contribution is 2.58. The van der Waals surface area contributed by atoms with Gasteiger partial charge >= 0.3 is 0 Å². The van der Waals surface area contributed by atoms with E-state index in [0.29, 0.717) is 0 Å². The van der Waals surface area contributed by atoms with Gasteiger partial charge in [-0.3, -0.25) is 0 Å². The molecule has 0 bridgehead atoms. The summed E-state index contributed by atoms with van der Waals surface area (Å²) in [7, 11) is 0. The Labute approximate surface area is 99.5 Å². The summed E-state index contributed by atoms with van der Waals surface area (Å²) >= 11 is 6.29. The highest BCUT2D eigenvalue weighted by molar-refractivity contribution is 6.31. The van der Waals surface area contributed by atoms with Gasteiger partial charge in [0.05, 0.1) is 0 Å². The number of halogens is 1. The van der Waals surface area contributed by atoms with Crippen molar-refractivity contribution in [3.05, 3.63) is 22.7 Å². The molecule has 0 amide bonds. The fraction of sp³-hybridized carbons (Fsp3) is 0.500. The molecule has 4 heteroatoms. The van der Waals surface area contributed by atoms with E-state index in [1.54, 1.807) is 0 Å². The van der Waals surface area contributed by atoms with E-state index in [-0.39, 0.29) is 18.2 Å². The predicted octanol–water partition coefficient (Wildman–Crippen LogP) is 2.45. The minimum atomic E-state index is -0.00384. The molecule has 0 aromatic heterocycles. The summed E-state index contributed by atoms with van der Waals surface area (Å²) in [5.41, 5.74) is 7.11. The topological polar surface area (TPSA) is 44.5 Å². The molecule has 1 aromatic rings. The zero-order valence-corrected chi connectivity index (χ0v) is 9.88. The number of ether oxygens (including phenoxy) is 2. The zero-order chi connectivity index (χ0) is 11.3. The van der Waals surface area contributed by atoms with Gasteiger partial charge in [-0.25, -0.2) is 0 Å². The summed E-state index contributed by atoms with van der Waals surface area (Å²) < 4.78 is 10.9. The molecule has 1 unspecified atom stereocenters. The van der Waals surface area contributed by atoms with Crippen LogP contribution >= 0.6 is 11.6 Å². The third-order valence-electron chi connectivity index (χ3n) is 3.65. The maximum Gasteiger partial charge on any atom is 0.231 e. The first-order chi connectivity index (χ1) is 7.65. The standard InChI is InChI=1S/C12H14ClNO2/c1-7(14)12(4-5-12)10-8(13)2-3-9-11(10)16-6-15-9/h2-3,7H,4-6,14H2,1H3. The summed E-state index contributed by atoms with van der Waals surface area (Å²) in [6, 6.07) is 3.80. The van der Waals surface area contributed by atoms with Crippen LogP contribution in [-0.4, -0.2) is 12.8 Å². The fourth-order valence-corrected chi connectivity index (χ4v) is 2.82. The molecule has 0 saturated heterocycles. The Bertz CT molecular complexity index is 441. The van der Waals surface area contributed by atoms with Crippen LogP contribution in [0.3, 0.4) is 0 Å². The largest absolute Gasteiger partial charge is 0.454 e. The van der Waals surface area contributed by atoms with Gasteiger partial charge in [0.1, 0.15) is 0 Å². The maximum atomic E-state index is 6.29. The SMILES string of the molecule is CC(N)C1(c2c(Cl)ccc3c2OCO3)CC1. The van der Waals surface area contributed by atoms with Crippen LogP contribution in [-0.2, 0) is 5.41 Å². The number of benzene rings is 1. The van der Waals surface area contributed by atoms with Gasteiger partial charge in [0.15, 0.2) is 11.5 Å². The van der Waals surface area contributed by atoms with Crippen LogP contribution in [0.1, 0.15) is 25.3 Å². The van der Waals surface area contributed by atoms with E-state index >= 15 is 0 Å². The molecule has 3 nitrogen and oxygen atoms in total. The van der Waals surface area contributed by atoms with E-state index in [1.165, 1.54) is 0 Å². The monoisotopic (exact) mass is 239 g/mol. The van der Waals surface area contributed by atoms with Gasteiger partial charge in [-0.15, -0.1) is 0 Å². The predicted molar refractivity (Wildman–Crippen MR) is 62.1 cm³/mol. The third-order valence-corrected chi connectivity index (χ3v) is 3.96. The van der Waals surface area contributed by atoms with E-state index < -0.39 is 0 Å². The quantitative estimate of drug-likeness (QED) is 0.862. The number of fused-ring (bicyclic) bond motifs is 1. The molecule has 86 valence electrons. The van der Waals surface area contributed by atoms with Crippen molar-refractivity contribution >= 4 is 11.6 Å². The summed E-state index contributed by atoms with van der Waals surface area (Å²) in [6.07, 6.45) is 2.15. The molecule has 16 heavy (non-hydrogen) atoms. The number of rotatable bonds is 2. The third kappa shape index (κ3) is 1.25. The molecule has 1 saturated carbocycles. The molecule has 1 aliphatic heterocycles. The Morgan fingerprint density at radius 3 is 2.75 bits per heavy atom. The normalized spacial score (nSPS) is 21.9. The lowest BCUT2D eigenvalue weighted by Crippen LogP contribution is -2.32. The van der Waals surface area contributed by atoms with Crippen molar-refractivity contribution in [2.75, 3.05) is 6.79 Å². The van der Waals surface area contributed by atoms with E-state index in [2.05, 4.69) is 0 Å². The summed E-state index contributed by atoms with van der Waals surface area (Å²) in [6.45, 7) is 2.30. The van der Waals surface area contributed by atoms with Crippen LogP contribution in [0.25, 0.3) is 0 Å². The molecule has 1 atom stereocenters. The van der Waals surface area contributed by atoms with Crippen molar-refractivity contribution in [1.29, 1.82) is 0 Å². The van der Waals surface area contributed by atoms with Gasteiger partial charge in [0, 0.05) is 22.0 Å². The minimum absolute atomic E-state index is 0.00384. The molecule has 1 heterocycles. The molecular weight excluding hydrogens is 226 g/mol. The summed E-state index contributed by atoms with van der Waals surface area (Å²) in [5, 5.41) is 0.735. The molecule has 2 N–H and O–H groups in total. The second kappa shape index (κ2) is 3.28. The second-order valence-corrected chi connectivity index (χ2v) is 5.01. The van der Waals surface area contributed by atoms with Gasteiger partial charge in [-0.05, 0) is 31.9 Å². The van der Waals surface area contributed by atoms with Crippen LogP contribution in [0, 0.1) is 0 Å². The van der Waals surface area contributed by atoms with Crippen LogP contribution < -0.4 is 15.2 Å². The van der Waals surface area contributed by atoms with Crippen molar-refractivity contribution < 1.29 is 9.47 Å². The van der Waals surface area contributed by atoms with Crippen molar-refractivity contribution in [1.82, 2.24) is 0 Å². The fourth-order valence-electron chi connectivity index (χ4n) is 2.48.